The lowest BCUT2D eigenvalue weighted by atomic mass is 9.89. The molecule has 1 heterocycles. The van der Waals surface area contributed by atoms with Gasteiger partial charge in [0.15, 0.2) is 5.78 Å². The summed E-state index contributed by atoms with van der Waals surface area (Å²) in [5.74, 6) is 0.963. The molecular formula is C18H25NO3. The summed E-state index contributed by atoms with van der Waals surface area (Å²) in [7, 11) is 1.69. The van der Waals surface area contributed by atoms with Crippen LogP contribution in [0.25, 0.3) is 0 Å². The highest BCUT2D eigenvalue weighted by Gasteiger charge is 2.34. The molecule has 0 amide bonds. The molecule has 0 unspecified atom stereocenters. The second-order valence-corrected chi connectivity index (χ2v) is 6.31. The molecule has 1 saturated heterocycles. The lowest BCUT2D eigenvalue weighted by Gasteiger charge is -2.44. The van der Waals surface area contributed by atoms with E-state index in [-0.39, 0.29) is 5.78 Å². The van der Waals surface area contributed by atoms with Gasteiger partial charge in [-0.25, -0.2) is 0 Å². The molecule has 0 radical (unpaired) electrons. The second-order valence-electron chi connectivity index (χ2n) is 6.31. The number of hydrogen-bond donors (Lipinski definition) is 0. The molecule has 0 N–H and O–H groups in total. The summed E-state index contributed by atoms with van der Waals surface area (Å²) in [6, 6.07) is 6.24. The van der Waals surface area contributed by atoms with Crippen molar-refractivity contribution < 1.29 is 14.3 Å². The summed E-state index contributed by atoms with van der Waals surface area (Å²) in [6.07, 6.45) is 5.32. The van der Waals surface area contributed by atoms with Crippen LogP contribution >= 0.6 is 0 Å². The molecule has 0 aromatic heterocycles. The zero-order valence-electron chi connectivity index (χ0n) is 13.5. The molecule has 1 aliphatic carbocycles. The van der Waals surface area contributed by atoms with Crippen molar-refractivity contribution in [3.05, 3.63) is 29.3 Å². The summed E-state index contributed by atoms with van der Waals surface area (Å²) in [5, 5.41) is 0. The van der Waals surface area contributed by atoms with Crippen molar-refractivity contribution in [2.45, 2.75) is 51.3 Å². The SMILES string of the molecule is COc1ccc(C(C)=O)cc1CN1CCO[C@H]2CCCC[C@H]21. The minimum absolute atomic E-state index is 0.0985. The number of ether oxygens (including phenoxy) is 2. The van der Waals surface area contributed by atoms with Gasteiger partial charge in [0.1, 0.15) is 5.75 Å². The second kappa shape index (κ2) is 6.80. The number of morpholine rings is 1. The third kappa shape index (κ3) is 3.18. The van der Waals surface area contributed by atoms with Gasteiger partial charge in [0, 0.05) is 30.3 Å². The van der Waals surface area contributed by atoms with E-state index in [1.165, 1.54) is 25.7 Å². The van der Waals surface area contributed by atoms with E-state index in [2.05, 4.69) is 4.90 Å². The number of rotatable bonds is 4. The third-order valence-corrected chi connectivity index (χ3v) is 4.91. The lowest BCUT2D eigenvalue weighted by Crippen LogP contribution is -2.52. The topological polar surface area (TPSA) is 38.8 Å². The van der Waals surface area contributed by atoms with Crippen LogP contribution in [0, 0.1) is 0 Å². The Labute approximate surface area is 132 Å². The highest BCUT2D eigenvalue weighted by Crippen LogP contribution is 2.31. The van der Waals surface area contributed by atoms with Crippen LogP contribution in [0.2, 0.25) is 0 Å². The van der Waals surface area contributed by atoms with Gasteiger partial charge in [0.05, 0.1) is 19.8 Å². The van der Waals surface area contributed by atoms with Gasteiger partial charge in [-0.3, -0.25) is 9.69 Å². The first kappa shape index (κ1) is 15.5. The number of carbonyl (C=O) groups is 1. The number of benzene rings is 1. The number of nitrogens with zero attached hydrogens (tertiary/aromatic N) is 1. The third-order valence-electron chi connectivity index (χ3n) is 4.91. The van der Waals surface area contributed by atoms with E-state index in [1.807, 2.05) is 18.2 Å². The number of carbonyl (C=O) groups excluding carboxylic acids is 1. The molecule has 2 fully saturated rings. The van der Waals surface area contributed by atoms with Crippen molar-refractivity contribution >= 4 is 5.78 Å². The molecule has 1 aromatic rings. The van der Waals surface area contributed by atoms with Crippen molar-refractivity contribution in [1.82, 2.24) is 4.90 Å². The first-order chi connectivity index (χ1) is 10.7. The van der Waals surface area contributed by atoms with Gasteiger partial charge < -0.3 is 9.47 Å². The van der Waals surface area contributed by atoms with Crippen molar-refractivity contribution in [3.8, 4) is 5.75 Å². The molecule has 1 saturated carbocycles. The van der Waals surface area contributed by atoms with E-state index < -0.39 is 0 Å². The molecule has 4 heteroatoms. The molecule has 0 spiro atoms. The largest absolute Gasteiger partial charge is 0.496 e. The van der Waals surface area contributed by atoms with Crippen LogP contribution < -0.4 is 4.74 Å². The van der Waals surface area contributed by atoms with Crippen LogP contribution in [-0.2, 0) is 11.3 Å². The number of Topliss-reactive ketones (excluding diaryl/α,β-unsaturated/α-hetero) is 1. The minimum atomic E-state index is 0.0985. The summed E-state index contributed by atoms with van der Waals surface area (Å²) in [4.78, 5) is 14.2. The smallest absolute Gasteiger partial charge is 0.159 e. The van der Waals surface area contributed by atoms with Crippen molar-refractivity contribution in [2.75, 3.05) is 20.3 Å². The average molecular weight is 303 g/mol. The van der Waals surface area contributed by atoms with Crippen molar-refractivity contribution in [3.63, 3.8) is 0 Å². The van der Waals surface area contributed by atoms with Crippen LogP contribution in [0.4, 0.5) is 0 Å². The fourth-order valence-electron chi connectivity index (χ4n) is 3.71. The summed E-state index contributed by atoms with van der Waals surface area (Å²) < 4.78 is 11.4. The molecule has 2 atom stereocenters. The predicted molar refractivity (Wildman–Crippen MR) is 85.4 cm³/mol. The van der Waals surface area contributed by atoms with Crippen molar-refractivity contribution in [1.29, 1.82) is 0 Å². The Morgan fingerprint density at radius 1 is 1.36 bits per heavy atom. The summed E-state index contributed by atoms with van der Waals surface area (Å²) in [6.45, 7) is 4.19. The van der Waals surface area contributed by atoms with Crippen LogP contribution in [0.15, 0.2) is 18.2 Å². The van der Waals surface area contributed by atoms with E-state index in [0.717, 1.165) is 36.6 Å². The molecule has 120 valence electrons. The molecular weight excluding hydrogens is 278 g/mol. The Morgan fingerprint density at radius 2 is 2.18 bits per heavy atom. The van der Waals surface area contributed by atoms with Crippen LogP contribution in [0.1, 0.15) is 48.5 Å². The molecule has 1 aromatic carbocycles. The normalized spacial score (nSPS) is 25.5. The number of fused-ring (bicyclic) bond motifs is 1. The zero-order chi connectivity index (χ0) is 15.5. The highest BCUT2D eigenvalue weighted by atomic mass is 16.5. The fraction of sp³-hybridized carbons (Fsp3) is 0.611. The van der Waals surface area contributed by atoms with E-state index >= 15 is 0 Å². The first-order valence-electron chi connectivity index (χ1n) is 8.22. The highest BCUT2D eigenvalue weighted by molar-refractivity contribution is 5.94. The maximum Gasteiger partial charge on any atom is 0.159 e. The van der Waals surface area contributed by atoms with Crippen LogP contribution in [0.3, 0.4) is 0 Å². The van der Waals surface area contributed by atoms with E-state index in [4.69, 9.17) is 9.47 Å². The van der Waals surface area contributed by atoms with Gasteiger partial charge in [-0.2, -0.15) is 0 Å². The zero-order valence-corrected chi connectivity index (χ0v) is 13.5. The van der Waals surface area contributed by atoms with E-state index in [9.17, 15) is 4.79 Å². The minimum Gasteiger partial charge on any atom is -0.496 e. The van der Waals surface area contributed by atoms with Gasteiger partial charge >= 0.3 is 0 Å². The number of methoxy groups -OCH3 is 1. The average Bonchev–Trinajstić information content (AvgIpc) is 2.55. The van der Waals surface area contributed by atoms with E-state index in [1.54, 1.807) is 14.0 Å². The predicted octanol–water partition coefficient (Wildman–Crippen LogP) is 3.04. The quantitative estimate of drug-likeness (QED) is 0.801. The maximum atomic E-state index is 11.6. The van der Waals surface area contributed by atoms with Gasteiger partial charge in [0.2, 0.25) is 0 Å². The standard InChI is InChI=1S/C18H25NO3/c1-13(20)14-7-8-17(21-2)15(11-14)12-19-9-10-22-18-6-4-3-5-16(18)19/h7-8,11,16,18H,3-6,9-10,12H2,1-2H3/t16-,18+/m1/s1. The van der Waals surface area contributed by atoms with Gasteiger partial charge in [-0.15, -0.1) is 0 Å². The van der Waals surface area contributed by atoms with Crippen molar-refractivity contribution in [2.24, 2.45) is 0 Å². The Bertz CT molecular complexity index is 541. The van der Waals surface area contributed by atoms with Crippen LogP contribution in [-0.4, -0.2) is 43.1 Å². The fourth-order valence-corrected chi connectivity index (χ4v) is 3.71. The first-order valence-corrected chi connectivity index (χ1v) is 8.22. The van der Waals surface area contributed by atoms with E-state index in [0.29, 0.717) is 12.1 Å². The molecule has 0 bridgehead atoms. The number of ketones is 1. The molecule has 2 aliphatic rings. The van der Waals surface area contributed by atoms with Crippen LogP contribution in [0.5, 0.6) is 5.75 Å². The summed E-state index contributed by atoms with van der Waals surface area (Å²) in [5.41, 5.74) is 1.85. The Balaban J connectivity index is 1.81. The maximum absolute atomic E-state index is 11.6. The molecule has 4 nitrogen and oxygen atoms in total. The Kier molecular flexibility index (Phi) is 4.79. The molecule has 1 aliphatic heterocycles. The number of hydrogen-bond acceptors (Lipinski definition) is 4. The van der Waals surface area contributed by atoms with Gasteiger partial charge in [-0.05, 0) is 38.0 Å². The monoisotopic (exact) mass is 303 g/mol. The Hall–Kier alpha value is -1.39. The lowest BCUT2D eigenvalue weighted by molar-refractivity contribution is -0.0912. The van der Waals surface area contributed by atoms with Gasteiger partial charge in [0.25, 0.3) is 0 Å². The molecule has 22 heavy (non-hydrogen) atoms. The van der Waals surface area contributed by atoms with Gasteiger partial charge in [-0.1, -0.05) is 12.8 Å². The Morgan fingerprint density at radius 3 is 2.95 bits per heavy atom. The molecule has 3 rings (SSSR count). The summed E-state index contributed by atoms with van der Waals surface area (Å²) >= 11 is 0.